The SMILES string of the molecule is C=C(CC(=O)OC(C(=O)OC1CCCCC1)c1cccc2ccccc12)C(=O)OC(C(=O)OC1CCCCC1)c1cccc2ccccc12. The molecule has 0 bridgehead atoms. The zero-order valence-corrected chi connectivity index (χ0v) is 27.6. The molecule has 2 aliphatic rings. The van der Waals surface area contributed by atoms with E-state index >= 15 is 0 Å². The third-order valence-electron chi connectivity index (χ3n) is 9.43. The van der Waals surface area contributed by atoms with E-state index in [4.69, 9.17) is 18.9 Å². The maximum atomic E-state index is 13.6. The van der Waals surface area contributed by atoms with E-state index in [0.29, 0.717) is 11.1 Å². The van der Waals surface area contributed by atoms with Gasteiger partial charge in [0, 0.05) is 16.7 Å². The van der Waals surface area contributed by atoms with Gasteiger partial charge in [-0.2, -0.15) is 0 Å². The van der Waals surface area contributed by atoms with Crippen LogP contribution in [-0.2, 0) is 38.1 Å². The second kappa shape index (κ2) is 15.9. The van der Waals surface area contributed by atoms with Gasteiger partial charge < -0.3 is 18.9 Å². The predicted octanol–water partition coefficient (Wildman–Crippen LogP) is 8.56. The van der Waals surface area contributed by atoms with Crippen molar-refractivity contribution in [2.75, 3.05) is 0 Å². The Hall–Kier alpha value is -4.98. The Morgan fingerprint density at radius 1 is 0.571 bits per heavy atom. The topological polar surface area (TPSA) is 105 Å². The molecule has 254 valence electrons. The minimum atomic E-state index is -1.37. The molecule has 2 unspecified atom stereocenters. The third-order valence-corrected chi connectivity index (χ3v) is 9.43. The summed E-state index contributed by atoms with van der Waals surface area (Å²) in [6, 6.07) is 25.9. The first-order valence-electron chi connectivity index (χ1n) is 17.3. The average molecular weight is 663 g/mol. The van der Waals surface area contributed by atoms with E-state index in [1.807, 2.05) is 60.7 Å². The van der Waals surface area contributed by atoms with Crippen LogP contribution in [-0.4, -0.2) is 36.1 Å². The van der Waals surface area contributed by atoms with Crippen LogP contribution in [0.3, 0.4) is 0 Å². The first-order chi connectivity index (χ1) is 23.9. The minimum absolute atomic E-state index is 0.224. The first kappa shape index (κ1) is 33.9. The number of esters is 4. The highest BCUT2D eigenvalue weighted by Gasteiger charge is 2.34. The van der Waals surface area contributed by atoms with Gasteiger partial charge in [-0.25, -0.2) is 14.4 Å². The number of ether oxygens (including phenoxy) is 4. The molecule has 0 amide bonds. The van der Waals surface area contributed by atoms with Gasteiger partial charge in [0.2, 0.25) is 12.2 Å². The lowest BCUT2D eigenvalue weighted by Gasteiger charge is -2.26. The van der Waals surface area contributed by atoms with Gasteiger partial charge in [0.05, 0.1) is 6.42 Å². The van der Waals surface area contributed by atoms with E-state index in [1.54, 1.807) is 24.3 Å². The van der Waals surface area contributed by atoms with Gasteiger partial charge >= 0.3 is 23.9 Å². The van der Waals surface area contributed by atoms with E-state index in [9.17, 15) is 19.2 Å². The van der Waals surface area contributed by atoms with Crippen molar-refractivity contribution in [1.29, 1.82) is 0 Å². The summed E-state index contributed by atoms with van der Waals surface area (Å²) in [7, 11) is 0. The highest BCUT2D eigenvalue weighted by Crippen LogP contribution is 2.33. The van der Waals surface area contributed by atoms with Crippen LogP contribution in [0.25, 0.3) is 21.5 Å². The molecule has 8 nitrogen and oxygen atoms in total. The summed E-state index contributed by atoms with van der Waals surface area (Å²) in [4.78, 5) is 54.1. The Bertz CT molecular complexity index is 1820. The molecule has 4 aromatic rings. The summed E-state index contributed by atoms with van der Waals surface area (Å²) in [5, 5.41) is 3.23. The minimum Gasteiger partial charge on any atom is -0.459 e. The van der Waals surface area contributed by atoms with Crippen LogP contribution in [0.2, 0.25) is 0 Å². The molecule has 2 saturated carbocycles. The molecule has 49 heavy (non-hydrogen) atoms. The fourth-order valence-electron chi connectivity index (χ4n) is 6.86. The summed E-state index contributed by atoms with van der Waals surface area (Å²) in [6.07, 6.45) is 5.26. The lowest BCUT2D eigenvalue weighted by atomic mass is 9.97. The largest absolute Gasteiger partial charge is 0.459 e. The molecule has 0 saturated heterocycles. The van der Waals surface area contributed by atoms with Crippen LogP contribution in [0, 0.1) is 0 Å². The fourth-order valence-corrected chi connectivity index (χ4v) is 6.86. The van der Waals surface area contributed by atoms with E-state index < -0.39 is 42.5 Å². The Labute approximate surface area is 286 Å². The van der Waals surface area contributed by atoms with Gasteiger partial charge in [-0.1, -0.05) is 104 Å². The lowest BCUT2D eigenvalue weighted by molar-refractivity contribution is -0.174. The van der Waals surface area contributed by atoms with Crippen LogP contribution in [0.4, 0.5) is 0 Å². The Balaban J connectivity index is 1.19. The van der Waals surface area contributed by atoms with Crippen LogP contribution in [0.1, 0.15) is 94.0 Å². The van der Waals surface area contributed by atoms with Crippen LogP contribution >= 0.6 is 0 Å². The standard InChI is InChI=1S/C41H42O8/c1-27(39(43)49-38(41(45)47-31-20-6-3-7-21-31)35-25-13-17-29-15-9-11-23-33(29)35)26-36(42)48-37(40(44)46-30-18-4-2-5-19-30)34-24-12-16-28-14-8-10-22-32(28)34/h8-17,22-25,30-31,37-38H,1-7,18-21,26H2. The summed E-state index contributed by atoms with van der Waals surface area (Å²) < 4.78 is 23.3. The molecule has 0 spiro atoms. The summed E-state index contributed by atoms with van der Waals surface area (Å²) >= 11 is 0. The van der Waals surface area contributed by atoms with Crippen molar-refractivity contribution in [3.05, 3.63) is 108 Å². The molecule has 4 aromatic carbocycles. The van der Waals surface area contributed by atoms with Crippen LogP contribution in [0.15, 0.2) is 97.1 Å². The fraction of sp³-hybridized carbons (Fsp3) is 0.366. The molecule has 6 rings (SSSR count). The number of hydrogen-bond donors (Lipinski definition) is 0. The molecule has 0 heterocycles. The second-order valence-electron chi connectivity index (χ2n) is 13.0. The Kier molecular flexibility index (Phi) is 11.0. The molecule has 2 aliphatic carbocycles. The number of benzene rings is 4. The molecule has 2 fully saturated rings. The maximum Gasteiger partial charge on any atom is 0.352 e. The van der Waals surface area contributed by atoms with E-state index in [2.05, 4.69) is 6.58 Å². The monoisotopic (exact) mass is 662 g/mol. The van der Waals surface area contributed by atoms with Crippen LogP contribution < -0.4 is 0 Å². The van der Waals surface area contributed by atoms with Crippen molar-refractivity contribution >= 4 is 45.4 Å². The second-order valence-corrected chi connectivity index (χ2v) is 13.0. The summed E-state index contributed by atoms with van der Waals surface area (Å²) in [5.41, 5.74) is 0.740. The van der Waals surface area contributed by atoms with Crippen molar-refractivity contribution in [3.63, 3.8) is 0 Å². The van der Waals surface area contributed by atoms with Crippen molar-refractivity contribution in [1.82, 2.24) is 0 Å². The van der Waals surface area contributed by atoms with Gasteiger partial charge in [-0.05, 0) is 72.9 Å². The maximum absolute atomic E-state index is 13.6. The summed E-state index contributed by atoms with van der Waals surface area (Å²) in [6.45, 7) is 3.80. The van der Waals surface area contributed by atoms with Gasteiger partial charge in [0.15, 0.2) is 0 Å². The summed E-state index contributed by atoms with van der Waals surface area (Å²) in [5.74, 6) is -3.13. The molecule has 0 aliphatic heterocycles. The third kappa shape index (κ3) is 8.37. The number of hydrogen-bond acceptors (Lipinski definition) is 8. The molecule has 0 N–H and O–H groups in total. The zero-order chi connectivity index (χ0) is 34.2. The first-order valence-corrected chi connectivity index (χ1v) is 17.3. The van der Waals surface area contributed by atoms with Gasteiger partial charge in [-0.3, -0.25) is 4.79 Å². The molecular weight excluding hydrogens is 620 g/mol. The zero-order valence-electron chi connectivity index (χ0n) is 27.6. The lowest BCUT2D eigenvalue weighted by Crippen LogP contribution is -2.29. The number of rotatable bonds is 11. The molecule has 2 atom stereocenters. The van der Waals surface area contributed by atoms with Gasteiger partial charge in [-0.15, -0.1) is 0 Å². The normalized spacial score (nSPS) is 16.7. The van der Waals surface area contributed by atoms with E-state index in [1.165, 1.54) is 0 Å². The average Bonchev–Trinajstić information content (AvgIpc) is 3.13. The number of carbonyl (C=O) groups excluding carboxylic acids is 4. The van der Waals surface area contributed by atoms with Crippen LogP contribution in [0.5, 0.6) is 0 Å². The predicted molar refractivity (Wildman–Crippen MR) is 185 cm³/mol. The van der Waals surface area contributed by atoms with Crippen molar-refractivity contribution in [3.8, 4) is 0 Å². The van der Waals surface area contributed by atoms with Gasteiger partial charge in [0.25, 0.3) is 0 Å². The van der Waals surface area contributed by atoms with Gasteiger partial charge in [0.1, 0.15) is 12.2 Å². The van der Waals surface area contributed by atoms with Crippen molar-refractivity contribution in [2.24, 2.45) is 0 Å². The Morgan fingerprint density at radius 3 is 1.49 bits per heavy atom. The molecule has 0 aromatic heterocycles. The van der Waals surface area contributed by atoms with Crippen molar-refractivity contribution < 1.29 is 38.1 Å². The molecule has 8 heteroatoms. The molecular formula is C41H42O8. The highest BCUT2D eigenvalue weighted by molar-refractivity contribution is 5.97. The Morgan fingerprint density at radius 2 is 1.00 bits per heavy atom. The van der Waals surface area contributed by atoms with E-state index in [-0.39, 0.29) is 17.8 Å². The smallest absolute Gasteiger partial charge is 0.352 e. The van der Waals surface area contributed by atoms with E-state index in [0.717, 1.165) is 85.8 Å². The molecule has 0 radical (unpaired) electrons. The number of fused-ring (bicyclic) bond motifs is 2. The van der Waals surface area contributed by atoms with Crippen molar-refractivity contribution in [2.45, 2.75) is 95.0 Å². The highest BCUT2D eigenvalue weighted by atomic mass is 16.6. The number of carbonyl (C=O) groups is 4. The quantitative estimate of drug-likeness (QED) is 0.0894.